The van der Waals surface area contributed by atoms with Crippen molar-refractivity contribution in [2.75, 3.05) is 50.6 Å². The number of methoxy groups -OCH3 is 1. The van der Waals surface area contributed by atoms with Crippen LogP contribution in [0, 0.1) is 0 Å². The van der Waals surface area contributed by atoms with Crippen molar-refractivity contribution in [1.29, 1.82) is 0 Å². The van der Waals surface area contributed by atoms with Gasteiger partial charge in [-0.2, -0.15) is 0 Å². The van der Waals surface area contributed by atoms with Crippen LogP contribution in [-0.4, -0.2) is 51.2 Å². The molecule has 1 aliphatic rings. The third kappa shape index (κ3) is 3.86. The number of hydrogen-bond donors (Lipinski definition) is 1. The van der Waals surface area contributed by atoms with Crippen molar-refractivity contribution in [1.82, 2.24) is 4.90 Å². The highest BCUT2D eigenvalue weighted by Crippen LogP contribution is 2.22. The molecule has 3 rings (SSSR count). The highest BCUT2D eigenvalue weighted by molar-refractivity contribution is 5.89. The van der Waals surface area contributed by atoms with Gasteiger partial charge in [-0.3, -0.25) is 0 Å². The maximum absolute atomic E-state index is 11.4. The lowest BCUT2D eigenvalue weighted by atomic mass is 10.2. The minimum atomic E-state index is -0.321. The third-order valence-electron chi connectivity index (χ3n) is 4.33. The molecule has 5 nitrogen and oxygen atoms in total. The van der Waals surface area contributed by atoms with E-state index in [0.29, 0.717) is 5.56 Å². The second kappa shape index (κ2) is 7.36. The van der Waals surface area contributed by atoms with Crippen LogP contribution < -0.4 is 10.2 Å². The zero-order valence-corrected chi connectivity index (χ0v) is 14.2. The number of ether oxygens (including phenoxy) is 1. The number of nitrogens with one attached hydrogen (secondary N) is 1. The van der Waals surface area contributed by atoms with Crippen LogP contribution in [-0.2, 0) is 4.74 Å². The molecule has 0 spiro atoms. The van der Waals surface area contributed by atoms with Crippen molar-refractivity contribution in [3.8, 4) is 0 Å². The van der Waals surface area contributed by atoms with Gasteiger partial charge in [-0.25, -0.2) is 4.79 Å². The standard InChI is InChI=1S/C19H23N3O2/c1-21-11-13-22(14-12-21)18-9-7-17(8-10-18)20-16-5-3-15(4-6-16)19(23)24-2/h3-10,20H,11-14H2,1-2H3. The van der Waals surface area contributed by atoms with E-state index >= 15 is 0 Å². The van der Waals surface area contributed by atoms with Gasteiger partial charge in [0.25, 0.3) is 0 Å². The molecule has 0 aliphatic carbocycles. The van der Waals surface area contributed by atoms with Crippen molar-refractivity contribution in [3.05, 3.63) is 54.1 Å². The topological polar surface area (TPSA) is 44.8 Å². The number of hydrogen-bond acceptors (Lipinski definition) is 5. The van der Waals surface area contributed by atoms with Crippen LogP contribution in [0.1, 0.15) is 10.4 Å². The third-order valence-corrected chi connectivity index (χ3v) is 4.33. The molecule has 0 radical (unpaired) electrons. The molecule has 1 N–H and O–H groups in total. The summed E-state index contributed by atoms with van der Waals surface area (Å²) in [5, 5.41) is 3.35. The summed E-state index contributed by atoms with van der Waals surface area (Å²) in [5.41, 5.74) is 3.77. The lowest BCUT2D eigenvalue weighted by molar-refractivity contribution is 0.0601. The molecule has 0 unspecified atom stereocenters. The smallest absolute Gasteiger partial charge is 0.337 e. The van der Waals surface area contributed by atoms with E-state index in [1.54, 1.807) is 12.1 Å². The van der Waals surface area contributed by atoms with Crippen LogP contribution in [0.2, 0.25) is 0 Å². The van der Waals surface area contributed by atoms with E-state index in [9.17, 15) is 4.79 Å². The minimum absolute atomic E-state index is 0.321. The van der Waals surface area contributed by atoms with Gasteiger partial charge in [-0.1, -0.05) is 0 Å². The molecule has 1 saturated heterocycles. The van der Waals surface area contributed by atoms with E-state index in [1.807, 2.05) is 12.1 Å². The van der Waals surface area contributed by atoms with Crippen LogP contribution in [0.25, 0.3) is 0 Å². The first-order valence-corrected chi connectivity index (χ1v) is 8.14. The second-order valence-electron chi connectivity index (χ2n) is 6.03. The van der Waals surface area contributed by atoms with Gasteiger partial charge in [-0.05, 0) is 55.6 Å². The Morgan fingerprint density at radius 2 is 1.46 bits per heavy atom. The zero-order chi connectivity index (χ0) is 16.9. The SMILES string of the molecule is COC(=O)c1ccc(Nc2ccc(N3CCN(C)CC3)cc2)cc1. The highest BCUT2D eigenvalue weighted by Gasteiger charge is 2.13. The Morgan fingerprint density at radius 1 is 0.917 bits per heavy atom. The Bertz CT molecular complexity index is 675. The van der Waals surface area contributed by atoms with E-state index in [2.05, 4.69) is 46.4 Å². The summed E-state index contributed by atoms with van der Waals surface area (Å²) in [4.78, 5) is 16.2. The highest BCUT2D eigenvalue weighted by atomic mass is 16.5. The number of anilines is 3. The van der Waals surface area contributed by atoms with Crippen LogP contribution in [0.3, 0.4) is 0 Å². The van der Waals surface area contributed by atoms with E-state index in [0.717, 1.165) is 37.6 Å². The van der Waals surface area contributed by atoms with Gasteiger partial charge in [0.05, 0.1) is 12.7 Å². The van der Waals surface area contributed by atoms with Gasteiger partial charge in [-0.15, -0.1) is 0 Å². The quantitative estimate of drug-likeness (QED) is 0.876. The van der Waals surface area contributed by atoms with Crippen LogP contribution in [0.5, 0.6) is 0 Å². The predicted octanol–water partition coefficient (Wildman–Crippen LogP) is 2.97. The Morgan fingerprint density at radius 3 is 2.00 bits per heavy atom. The van der Waals surface area contributed by atoms with Crippen LogP contribution >= 0.6 is 0 Å². The predicted molar refractivity (Wildman–Crippen MR) is 97.2 cm³/mol. The average molecular weight is 325 g/mol. The van der Waals surface area contributed by atoms with Crippen molar-refractivity contribution in [2.45, 2.75) is 0 Å². The molecule has 0 aromatic heterocycles. The summed E-state index contributed by atoms with van der Waals surface area (Å²) in [7, 11) is 3.55. The largest absolute Gasteiger partial charge is 0.465 e. The normalized spacial score (nSPS) is 15.2. The molecule has 1 aliphatic heterocycles. The summed E-state index contributed by atoms with van der Waals surface area (Å²) in [6.45, 7) is 4.34. The maximum Gasteiger partial charge on any atom is 0.337 e. The van der Waals surface area contributed by atoms with Gasteiger partial charge in [0.2, 0.25) is 0 Å². The number of likely N-dealkylation sites (N-methyl/N-ethyl adjacent to an activating group) is 1. The van der Waals surface area contributed by atoms with Gasteiger partial charge in [0.1, 0.15) is 0 Å². The fraction of sp³-hybridized carbons (Fsp3) is 0.316. The first-order valence-electron chi connectivity index (χ1n) is 8.14. The van der Waals surface area contributed by atoms with E-state index in [1.165, 1.54) is 12.8 Å². The second-order valence-corrected chi connectivity index (χ2v) is 6.03. The molecule has 2 aromatic rings. The van der Waals surface area contributed by atoms with Gasteiger partial charge in [0.15, 0.2) is 0 Å². The molecular weight excluding hydrogens is 302 g/mol. The maximum atomic E-state index is 11.4. The number of benzene rings is 2. The summed E-state index contributed by atoms with van der Waals surface area (Å²) < 4.78 is 4.70. The first-order chi connectivity index (χ1) is 11.7. The fourth-order valence-electron chi connectivity index (χ4n) is 2.79. The molecule has 1 heterocycles. The number of piperazine rings is 1. The fourth-order valence-corrected chi connectivity index (χ4v) is 2.79. The molecular formula is C19H23N3O2. The van der Waals surface area contributed by atoms with Gasteiger partial charge >= 0.3 is 5.97 Å². The monoisotopic (exact) mass is 325 g/mol. The molecule has 1 fully saturated rings. The Hall–Kier alpha value is -2.53. The summed E-state index contributed by atoms with van der Waals surface area (Å²) in [5.74, 6) is -0.321. The van der Waals surface area contributed by atoms with Gasteiger partial charge in [0, 0.05) is 43.2 Å². The summed E-state index contributed by atoms with van der Waals surface area (Å²) >= 11 is 0. The number of esters is 1. The Labute approximate surface area is 142 Å². The molecule has 0 bridgehead atoms. The summed E-state index contributed by atoms with van der Waals surface area (Å²) in [6.07, 6.45) is 0. The zero-order valence-electron chi connectivity index (χ0n) is 14.2. The van der Waals surface area contributed by atoms with Crippen molar-refractivity contribution in [3.63, 3.8) is 0 Å². The lowest BCUT2D eigenvalue weighted by Gasteiger charge is -2.34. The molecule has 126 valence electrons. The van der Waals surface area contributed by atoms with Crippen molar-refractivity contribution in [2.24, 2.45) is 0 Å². The van der Waals surface area contributed by atoms with E-state index < -0.39 is 0 Å². The molecule has 0 saturated carbocycles. The minimum Gasteiger partial charge on any atom is -0.465 e. The molecule has 0 amide bonds. The molecule has 0 atom stereocenters. The van der Waals surface area contributed by atoms with Crippen LogP contribution in [0.4, 0.5) is 17.1 Å². The van der Waals surface area contributed by atoms with Crippen molar-refractivity contribution < 1.29 is 9.53 Å². The Kier molecular flexibility index (Phi) is 5.01. The number of carbonyl (C=O) groups is 1. The molecule has 5 heteroatoms. The van der Waals surface area contributed by atoms with Gasteiger partial charge < -0.3 is 19.9 Å². The number of nitrogens with zero attached hydrogens (tertiary/aromatic N) is 2. The Balaban J connectivity index is 1.62. The average Bonchev–Trinajstić information content (AvgIpc) is 2.63. The number of rotatable bonds is 4. The molecule has 24 heavy (non-hydrogen) atoms. The van der Waals surface area contributed by atoms with E-state index in [4.69, 9.17) is 4.74 Å². The number of carbonyl (C=O) groups excluding carboxylic acids is 1. The lowest BCUT2D eigenvalue weighted by Crippen LogP contribution is -2.44. The van der Waals surface area contributed by atoms with Crippen LogP contribution in [0.15, 0.2) is 48.5 Å². The molecule has 2 aromatic carbocycles. The van der Waals surface area contributed by atoms with Crippen molar-refractivity contribution >= 4 is 23.0 Å². The van der Waals surface area contributed by atoms with E-state index in [-0.39, 0.29) is 5.97 Å². The summed E-state index contributed by atoms with van der Waals surface area (Å²) in [6, 6.07) is 15.7. The first kappa shape index (κ1) is 16.3.